The Bertz CT molecular complexity index is 710. The van der Waals surface area contributed by atoms with E-state index in [2.05, 4.69) is 32.2 Å². The number of nitrogens with zero attached hydrogens (tertiary/aromatic N) is 2. The molecule has 1 fully saturated rings. The van der Waals surface area contributed by atoms with Crippen molar-refractivity contribution in [2.75, 3.05) is 33.4 Å². The fourth-order valence-corrected chi connectivity index (χ4v) is 4.07. The summed E-state index contributed by atoms with van der Waals surface area (Å²) in [4.78, 5) is 17.2. The summed E-state index contributed by atoms with van der Waals surface area (Å²) in [6, 6.07) is 8.33. The zero-order valence-corrected chi connectivity index (χ0v) is 15.0. The lowest BCUT2D eigenvalue weighted by molar-refractivity contribution is 0.0751. The number of thioether (sulfide) groups is 1. The van der Waals surface area contributed by atoms with Crippen LogP contribution in [0.4, 0.5) is 0 Å². The Labute approximate surface area is 141 Å². The number of furan rings is 1. The molecule has 1 amide bonds. The second kappa shape index (κ2) is 6.57. The number of hydrogen-bond donors (Lipinski definition) is 0. The molecule has 0 saturated carbocycles. The van der Waals surface area contributed by atoms with Crippen LogP contribution in [0.15, 0.2) is 28.7 Å². The van der Waals surface area contributed by atoms with Crippen LogP contribution in [0.5, 0.6) is 0 Å². The summed E-state index contributed by atoms with van der Waals surface area (Å²) in [5.74, 6) is 1.81. The zero-order chi connectivity index (χ0) is 16.6. The Morgan fingerprint density at radius 3 is 2.74 bits per heavy atom. The third kappa shape index (κ3) is 3.00. The molecule has 0 bridgehead atoms. The molecule has 1 aromatic carbocycles. The second-order valence-corrected chi connectivity index (χ2v) is 7.42. The molecule has 1 aliphatic rings. The number of para-hydroxylation sites is 1. The number of likely N-dealkylation sites (tertiary alicyclic amines) is 1. The molecule has 3 rings (SSSR count). The van der Waals surface area contributed by atoms with E-state index in [-0.39, 0.29) is 5.91 Å². The molecule has 1 aliphatic heterocycles. The first-order chi connectivity index (χ1) is 11.0. The Hall–Kier alpha value is -1.46. The quantitative estimate of drug-likeness (QED) is 0.861. The predicted molar refractivity (Wildman–Crippen MR) is 96.0 cm³/mol. The smallest absolute Gasteiger partial charge is 0.289 e. The highest BCUT2D eigenvalue weighted by Gasteiger charge is 2.36. The van der Waals surface area contributed by atoms with Gasteiger partial charge in [-0.05, 0) is 32.3 Å². The van der Waals surface area contributed by atoms with Gasteiger partial charge in [-0.2, -0.15) is 11.8 Å². The summed E-state index contributed by atoms with van der Waals surface area (Å²) in [5, 5.41) is 1.06. The fraction of sp³-hybridized carbons (Fsp3) is 0.500. The first kappa shape index (κ1) is 16.4. The molecule has 0 unspecified atom stereocenters. The van der Waals surface area contributed by atoms with Crippen molar-refractivity contribution in [3.05, 3.63) is 35.6 Å². The summed E-state index contributed by atoms with van der Waals surface area (Å²) in [6.07, 6.45) is 2.05. The maximum absolute atomic E-state index is 13.0. The lowest BCUT2D eigenvalue weighted by Gasteiger charge is -2.22. The first-order valence-electron chi connectivity index (χ1n) is 7.98. The van der Waals surface area contributed by atoms with Crippen LogP contribution < -0.4 is 0 Å². The van der Waals surface area contributed by atoms with Crippen LogP contribution in [-0.2, 0) is 5.75 Å². The molecule has 5 heteroatoms. The van der Waals surface area contributed by atoms with Gasteiger partial charge in [-0.15, -0.1) is 0 Å². The largest absolute Gasteiger partial charge is 0.451 e. The number of carbonyl (C=O) groups excluding carboxylic acids is 1. The Kier molecular flexibility index (Phi) is 4.69. The second-order valence-electron chi connectivity index (χ2n) is 6.56. The normalized spacial score (nSPS) is 21.5. The van der Waals surface area contributed by atoms with Crippen molar-refractivity contribution in [1.29, 1.82) is 0 Å². The lowest BCUT2D eigenvalue weighted by Crippen LogP contribution is -2.35. The van der Waals surface area contributed by atoms with Gasteiger partial charge >= 0.3 is 0 Å². The molecule has 2 heterocycles. The monoisotopic (exact) mass is 332 g/mol. The topological polar surface area (TPSA) is 36.7 Å². The van der Waals surface area contributed by atoms with Crippen molar-refractivity contribution < 1.29 is 9.21 Å². The first-order valence-corrected chi connectivity index (χ1v) is 9.37. The molecular formula is C18H24N2O2S. The number of rotatable bonds is 4. The number of likely N-dealkylation sites (N-methyl/N-ethyl adjacent to an activating group) is 1. The molecule has 23 heavy (non-hydrogen) atoms. The average molecular weight is 332 g/mol. The third-order valence-corrected chi connectivity index (χ3v) is 5.28. The van der Waals surface area contributed by atoms with Gasteiger partial charge in [0.05, 0.1) is 0 Å². The summed E-state index contributed by atoms with van der Waals surface area (Å²) in [6.45, 7) is 3.76. The number of hydrogen-bond acceptors (Lipinski definition) is 4. The fourth-order valence-electron chi connectivity index (χ4n) is 3.49. The highest BCUT2D eigenvalue weighted by atomic mass is 32.2. The number of amides is 1. The molecule has 2 atom stereocenters. The van der Waals surface area contributed by atoms with Gasteiger partial charge in [0.2, 0.25) is 0 Å². The average Bonchev–Trinajstić information content (AvgIpc) is 3.09. The van der Waals surface area contributed by atoms with E-state index in [0.29, 0.717) is 17.7 Å². The van der Waals surface area contributed by atoms with Gasteiger partial charge in [0, 0.05) is 35.8 Å². The minimum Gasteiger partial charge on any atom is -0.451 e. The summed E-state index contributed by atoms with van der Waals surface area (Å²) in [7, 11) is 4.16. The van der Waals surface area contributed by atoms with E-state index in [1.807, 2.05) is 29.2 Å². The maximum atomic E-state index is 13.0. The van der Waals surface area contributed by atoms with Crippen LogP contribution in [0, 0.1) is 5.92 Å². The van der Waals surface area contributed by atoms with E-state index in [1.165, 1.54) is 0 Å². The van der Waals surface area contributed by atoms with Gasteiger partial charge in [0.25, 0.3) is 5.91 Å². The third-order valence-electron chi connectivity index (χ3n) is 4.70. The summed E-state index contributed by atoms with van der Waals surface area (Å²) >= 11 is 1.72. The van der Waals surface area contributed by atoms with Crippen molar-refractivity contribution in [2.45, 2.75) is 18.7 Å². The molecule has 1 saturated heterocycles. The van der Waals surface area contributed by atoms with Gasteiger partial charge in [0.15, 0.2) is 5.76 Å². The van der Waals surface area contributed by atoms with Crippen LogP contribution in [0.3, 0.4) is 0 Å². The SMILES string of the molecule is CSCc1c(C(=O)N2C[C@@H](C)[C@@H](N(C)C)C2)oc2ccccc12. The zero-order valence-electron chi connectivity index (χ0n) is 14.2. The van der Waals surface area contributed by atoms with Crippen LogP contribution >= 0.6 is 11.8 Å². The molecule has 0 spiro atoms. The molecule has 0 N–H and O–H groups in total. The lowest BCUT2D eigenvalue weighted by atomic mass is 10.1. The number of carbonyl (C=O) groups is 1. The number of benzene rings is 1. The van der Waals surface area contributed by atoms with E-state index in [0.717, 1.165) is 35.4 Å². The Morgan fingerprint density at radius 1 is 1.35 bits per heavy atom. The molecular weight excluding hydrogens is 308 g/mol. The van der Waals surface area contributed by atoms with E-state index < -0.39 is 0 Å². The molecule has 0 radical (unpaired) electrons. The van der Waals surface area contributed by atoms with Crippen molar-refractivity contribution in [2.24, 2.45) is 5.92 Å². The minimum atomic E-state index is 0.0291. The molecule has 124 valence electrons. The van der Waals surface area contributed by atoms with E-state index in [9.17, 15) is 4.79 Å². The van der Waals surface area contributed by atoms with Crippen LogP contribution in [0.2, 0.25) is 0 Å². The minimum absolute atomic E-state index is 0.0291. The predicted octanol–water partition coefficient (Wildman–Crippen LogP) is 3.32. The van der Waals surface area contributed by atoms with Crippen molar-refractivity contribution in [3.63, 3.8) is 0 Å². The van der Waals surface area contributed by atoms with E-state index in [1.54, 1.807) is 11.8 Å². The highest BCUT2D eigenvalue weighted by Crippen LogP contribution is 2.31. The summed E-state index contributed by atoms with van der Waals surface area (Å²) in [5.41, 5.74) is 1.83. The Morgan fingerprint density at radius 2 is 2.09 bits per heavy atom. The molecule has 4 nitrogen and oxygen atoms in total. The van der Waals surface area contributed by atoms with Gasteiger partial charge in [-0.1, -0.05) is 25.1 Å². The van der Waals surface area contributed by atoms with Crippen LogP contribution in [-0.4, -0.2) is 55.2 Å². The van der Waals surface area contributed by atoms with E-state index in [4.69, 9.17) is 4.42 Å². The van der Waals surface area contributed by atoms with Gasteiger partial charge < -0.3 is 14.2 Å². The van der Waals surface area contributed by atoms with E-state index >= 15 is 0 Å². The highest BCUT2D eigenvalue weighted by molar-refractivity contribution is 7.97. The standard InChI is InChI=1S/C18H24N2O2S/c1-12-9-20(10-15(12)19(2)3)18(21)17-14(11-23-4)13-7-5-6-8-16(13)22-17/h5-8,12,15H,9-11H2,1-4H3/t12-,15+/m1/s1. The maximum Gasteiger partial charge on any atom is 0.289 e. The Balaban J connectivity index is 1.94. The van der Waals surface area contributed by atoms with Gasteiger partial charge in [-0.3, -0.25) is 4.79 Å². The van der Waals surface area contributed by atoms with Gasteiger partial charge in [0.1, 0.15) is 5.58 Å². The van der Waals surface area contributed by atoms with Gasteiger partial charge in [-0.25, -0.2) is 0 Å². The number of fused-ring (bicyclic) bond motifs is 1. The van der Waals surface area contributed by atoms with Crippen molar-refractivity contribution in [3.8, 4) is 0 Å². The summed E-state index contributed by atoms with van der Waals surface area (Å²) < 4.78 is 5.94. The van der Waals surface area contributed by atoms with Crippen LogP contribution in [0.25, 0.3) is 11.0 Å². The molecule has 2 aromatic rings. The van der Waals surface area contributed by atoms with Crippen LogP contribution in [0.1, 0.15) is 23.0 Å². The van der Waals surface area contributed by atoms with Crippen molar-refractivity contribution >= 4 is 28.6 Å². The molecule has 0 aliphatic carbocycles. The molecule has 1 aromatic heterocycles. The van der Waals surface area contributed by atoms with Crippen molar-refractivity contribution in [1.82, 2.24) is 9.80 Å².